The van der Waals surface area contributed by atoms with Crippen LogP contribution in [0.15, 0.2) is 75.1 Å². The van der Waals surface area contributed by atoms with Crippen LogP contribution in [0.25, 0.3) is 0 Å². The molecular formula is C19H17F2NO5S2. The molecule has 0 unspecified atom stereocenters. The highest BCUT2D eigenvalue weighted by Gasteiger charge is 2.33. The molecule has 0 saturated carbocycles. The third-order valence-electron chi connectivity index (χ3n) is 4.28. The Bertz CT molecular complexity index is 1210. The van der Waals surface area contributed by atoms with Gasteiger partial charge >= 0.3 is 0 Å². The van der Waals surface area contributed by atoms with Crippen LogP contribution in [0.5, 0.6) is 0 Å². The fourth-order valence-corrected chi connectivity index (χ4v) is 5.50. The lowest BCUT2D eigenvalue weighted by Crippen LogP contribution is -2.32. The van der Waals surface area contributed by atoms with Crippen LogP contribution in [0.2, 0.25) is 0 Å². The molecule has 6 nitrogen and oxygen atoms in total. The Kier molecular flexibility index (Phi) is 5.87. The highest BCUT2D eigenvalue weighted by molar-refractivity contribution is 7.92. The molecule has 1 atom stereocenters. The van der Waals surface area contributed by atoms with Crippen molar-refractivity contribution in [1.82, 2.24) is 4.72 Å². The molecule has 0 aliphatic rings. The van der Waals surface area contributed by atoms with Crippen molar-refractivity contribution in [2.45, 2.75) is 22.0 Å². The molecule has 0 amide bonds. The Morgan fingerprint density at radius 1 is 0.966 bits per heavy atom. The predicted octanol–water partition coefficient (Wildman–Crippen LogP) is 3.36. The summed E-state index contributed by atoms with van der Waals surface area (Å²) in [6.07, 6.45) is 1.26. The molecule has 0 saturated heterocycles. The number of sulfone groups is 1. The number of benzene rings is 2. The minimum absolute atomic E-state index is 0.0207. The molecule has 0 fully saturated rings. The van der Waals surface area contributed by atoms with Gasteiger partial charge in [-0.2, -0.15) is 0 Å². The molecule has 0 aliphatic heterocycles. The quantitative estimate of drug-likeness (QED) is 0.568. The maximum absolute atomic E-state index is 13.4. The van der Waals surface area contributed by atoms with Crippen molar-refractivity contribution < 1.29 is 30.0 Å². The van der Waals surface area contributed by atoms with Gasteiger partial charge in [-0.05, 0) is 67.1 Å². The number of sulfonamides is 1. The number of rotatable bonds is 7. The van der Waals surface area contributed by atoms with Crippen molar-refractivity contribution in [2.24, 2.45) is 0 Å². The first-order chi connectivity index (χ1) is 13.6. The smallest absolute Gasteiger partial charge is 0.240 e. The molecule has 3 rings (SSSR count). The van der Waals surface area contributed by atoms with Crippen LogP contribution in [0, 0.1) is 18.6 Å². The third-order valence-corrected chi connectivity index (χ3v) is 7.77. The Morgan fingerprint density at radius 3 is 2.21 bits per heavy atom. The topological polar surface area (TPSA) is 93.4 Å². The van der Waals surface area contributed by atoms with E-state index in [0.717, 1.165) is 42.5 Å². The van der Waals surface area contributed by atoms with E-state index in [-0.39, 0.29) is 21.1 Å². The summed E-state index contributed by atoms with van der Waals surface area (Å²) >= 11 is 0. The first kappa shape index (κ1) is 21.2. The molecule has 0 bridgehead atoms. The van der Waals surface area contributed by atoms with Crippen molar-refractivity contribution in [3.63, 3.8) is 0 Å². The number of aryl methyl sites for hydroxylation is 1. The van der Waals surface area contributed by atoms with E-state index in [1.165, 1.54) is 25.3 Å². The summed E-state index contributed by atoms with van der Waals surface area (Å²) in [5, 5.41) is -1.39. The molecule has 2 aromatic carbocycles. The second kappa shape index (κ2) is 8.05. The zero-order valence-corrected chi connectivity index (χ0v) is 16.8. The summed E-state index contributed by atoms with van der Waals surface area (Å²) in [5.74, 6) is -1.14. The van der Waals surface area contributed by atoms with Gasteiger partial charge in [-0.25, -0.2) is 30.3 Å². The van der Waals surface area contributed by atoms with E-state index in [4.69, 9.17) is 4.42 Å². The monoisotopic (exact) mass is 441 g/mol. The average molecular weight is 441 g/mol. The van der Waals surface area contributed by atoms with E-state index in [9.17, 15) is 25.6 Å². The second-order valence-corrected chi connectivity index (χ2v) is 10.2. The van der Waals surface area contributed by atoms with Crippen molar-refractivity contribution in [3.05, 3.63) is 83.8 Å². The van der Waals surface area contributed by atoms with Gasteiger partial charge in [-0.1, -0.05) is 0 Å². The van der Waals surface area contributed by atoms with Gasteiger partial charge in [0.15, 0.2) is 9.84 Å². The predicted molar refractivity (Wildman–Crippen MR) is 101 cm³/mol. The summed E-state index contributed by atoms with van der Waals surface area (Å²) in [5.41, 5.74) is 0.134. The fourth-order valence-electron chi connectivity index (χ4n) is 2.68. The molecule has 1 heterocycles. The molecular weight excluding hydrogens is 424 g/mol. The van der Waals surface area contributed by atoms with Gasteiger partial charge in [0, 0.05) is 6.54 Å². The minimum Gasteiger partial charge on any atom is -0.468 e. The SMILES string of the molecule is Cc1cc(S(=O)(=O)NC[C@@H](c2ccco2)S(=O)(=O)c2ccc(F)cc2)ccc1F. The summed E-state index contributed by atoms with van der Waals surface area (Å²) in [6, 6.07) is 10.3. The third kappa shape index (κ3) is 4.55. The molecule has 0 radical (unpaired) electrons. The van der Waals surface area contributed by atoms with Crippen LogP contribution < -0.4 is 4.72 Å². The Morgan fingerprint density at radius 2 is 1.62 bits per heavy atom. The minimum atomic E-state index is -4.12. The van der Waals surface area contributed by atoms with E-state index in [2.05, 4.69) is 4.72 Å². The molecule has 29 heavy (non-hydrogen) atoms. The van der Waals surface area contributed by atoms with Crippen molar-refractivity contribution in [2.75, 3.05) is 6.54 Å². The lowest BCUT2D eigenvalue weighted by Gasteiger charge is -2.17. The number of halogens is 2. The maximum atomic E-state index is 13.4. The summed E-state index contributed by atoms with van der Waals surface area (Å²) in [7, 11) is -8.23. The van der Waals surface area contributed by atoms with Gasteiger partial charge in [-0.3, -0.25) is 0 Å². The second-order valence-electron chi connectivity index (χ2n) is 6.27. The Balaban J connectivity index is 1.93. The van der Waals surface area contributed by atoms with Gasteiger partial charge in [0.1, 0.15) is 22.6 Å². The largest absolute Gasteiger partial charge is 0.468 e. The number of furan rings is 1. The summed E-state index contributed by atoms with van der Waals surface area (Å²) < 4.78 is 85.2. The van der Waals surface area contributed by atoms with Crippen LogP contribution in [-0.2, 0) is 19.9 Å². The van der Waals surface area contributed by atoms with Gasteiger partial charge < -0.3 is 4.42 Å². The Labute approximate surface area is 167 Å². The standard InChI is InChI=1S/C19H17F2NO5S2/c1-13-11-16(8-9-17(13)21)29(25,26)22-12-19(18-3-2-10-27-18)28(23,24)15-6-4-14(20)5-7-15/h2-11,19,22H,12H2,1H3/t19-/m0/s1. The zero-order chi connectivity index (χ0) is 21.2. The van der Waals surface area contributed by atoms with Crippen molar-refractivity contribution in [3.8, 4) is 0 Å². The summed E-state index contributed by atoms with van der Waals surface area (Å²) in [6.45, 7) is 0.880. The van der Waals surface area contributed by atoms with Crippen LogP contribution >= 0.6 is 0 Å². The van der Waals surface area contributed by atoms with E-state index in [1.807, 2.05) is 0 Å². The molecule has 10 heteroatoms. The van der Waals surface area contributed by atoms with Crippen molar-refractivity contribution >= 4 is 19.9 Å². The lowest BCUT2D eigenvalue weighted by atomic mass is 10.2. The maximum Gasteiger partial charge on any atom is 0.240 e. The molecule has 1 N–H and O–H groups in total. The average Bonchev–Trinajstić information content (AvgIpc) is 3.18. The molecule has 3 aromatic rings. The van der Waals surface area contributed by atoms with Crippen LogP contribution in [0.1, 0.15) is 16.6 Å². The number of hydrogen-bond acceptors (Lipinski definition) is 5. The summed E-state index contributed by atoms with van der Waals surface area (Å²) in [4.78, 5) is -0.383. The highest BCUT2D eigenvalue weighted by atomic mass is 32.2. The van der Waals surface area contributed by atoms with Crippen molar-refractivity contribution in [1.29, 1.82) is 0 Å². The Hall–Kier alpha value is -2.56. The highest BCUT2D eigenvalue weighted by Crippen LogP contribution is 2.29. The van der Waals surface area contributed by atoms with Gasteiger partial charge in [-0.15, -0.1) is 0 Å². The van der Waals surface area contributed by atoms with Crippen LogP contribution in [0.4, 0.5) is 8.78 Å². The van der Waals surface area contributed by atoms with Crippen LogP contribution in [-0.4, -0.2) is 23.4 Å². The van der Waals surface area contributed by atoms with E-state index >= 15 is 0 Å². The van der Waals surface area contributed by atoms with E-state index in [1.54, 1.807) is 0 Å². The van der Waals surface area contributed by atoms with E-state index < -0.39 is 43.3 Å². The molecule has 154 valence electrons. The first-order valence-corrected chi connectivity index (χ1v) is 11.4. The molecule has 0 aliphatic carbocycles. The normalized spacial score (nSPS) is 13.3. The van der Waals surface area contributed by atoms with Gasteiger partial charge in [0.25, 0.3) is 0 Å². The van der Waals surface area contributed by atoms with Gasteiger partial charge in [0.05, 0.1) is 16.1 Å². The molecule has 0 spiro atoms. The van der Waals surface area contributed by atoms with Gasteiger partial charge in [0.2, 0.25) is 10.0 Å². The number of nitrogens with one attached hydrogen (secondary N) is 1. The number of hydrogen-bond donors (Lipinski definition) is 1. The molecule has 1 aromatic heterocycles. The van der Waals surface area contributed by atoms with E-state index in [0.29, 0.717) is 0 Å². The van der Waals surface area contributed by atoms with Crippen LogP contribution in [0.3, 0.4) is 0 Å². The lowest BCUT2D eigenvalue weighted by molar-refractivity contribution is 0.486. The fraction of sp³-hybridized carbons (Fsp3) is 0.158. The zero-order valence-electron chi connectivity index (χ0n) is 15.2. The first-order valence-electron chi connectivity index (χ1n) is 8.40.